The number of carbonyl (C=O) groups is 1. The van der Waals surface area contributed by atoms with E-state index in [1.807, 2.05) is 12.1 Å². The Bertz CT molecular complexity index is 427. The molecule has 110 valence electrons. The van der Waals surface area contributed by atoms with Gasteiger partial charge in [0.1, 0.15) is 5.76 Å². The predicted molar refractivity (Wildman–Crippen MR) is 77.4 cm³/mol. The number of piperazine rings is 1. The van der Waals surface area contributed by atoms with Crippen LogP contribution in [0.3, 0.4) is 0 Å². The highest BCUT2D eigenvalue weighted by Crippen LogP contribution is 2.35. The summed E-state index contributed by atoms with van der Waals surface area (Å²) in [5.74, 6) is 1.20. The van der Waals surface area contributed by atoms with Gasteiger partial charge in [-0.25, -0.2) is 0 Å². The van der Waals surface area contributed by atoms with E-state index in [0.717, 1.165) is 38.2 Å². The van der Waals surface area contributed by atoms with Crippen molar-refractivity contribution in [3.05, 3.63) is 24.2 Å². The normalized spacial score (nSPS) is 22.1. The third-order valence-electron chi connectivity index (χ3n) is 4.79. The van der Waals surface area contributed by atoms with E-state index in [1.54, 1.807) is 6.26 Å². The molecule has 2 heterocycles. The Hall–Kier alpha value is -1.29. The molecule has 1 saturated carbocycles. The van der Waals surface area contributed by atoms with Crippen LogP contribution in [0.5, 0.6) is 0 Å². The van der Waals surface area contributed by atoms with Crippen LogP contribution in [-0.2, 0) is 11.2 Å². The molecule has 4 heteroatoms. The molecule has 0 unspecified atom stereocenters. The van der Waals surface area contributed by atoms with E-state index < -0.39 is 0 Å². The van der Waals surface area contributed by atoms with Crippen molar-refractivity contribution in [2.75, 3.05) is 19.6 Å². The molecule has 1 aliphatic carbocycles. The van der Waals surface area contributed by atoms with Crippen LogP contribution in [0.4, 0.5) is 0 Å². The zero-order valence-corrected chi connectivity index (χ0v) is 12.1. The minimum atomic E-state index is 0.0940. The van der Waals surface area contributed by atoms with Crippen LogP contribution in [0, 0.1) is 0 Å². The zero-order chi connectivity index (χ0) is 13.8. The Morgan fingerprint density at radius 3 is 2.95 bits per heavy atom. The van der Waals surface area contributed by atoms with Crippen LogP contribution >= 0.6 is 0 Å². The Balaban J connectivity index is 1.64. The Morgan fingerprint density at radius 2 is 2.20 bits per heavy atom. The van der Waals surface area contributed by atoms with Crippen LogP contribution in [0.15, 0.2) is 22.8 Å². The Kier molecular flexibility index (Phi) is 4.10. The molecule has 1 aromatic rings. The molecule has 3 rings (SSSR count). The first-order chi connectivity index (χ1) is 9.80. The SMILES string of the molecule is O=C(CCc1ccco1)N1CCNCC12CCCCC2. The summed E-state index contributed by atoms with van der Waals surface area (Å²) < 4.78 is 5.33. The van der Waals surface area contributed by atoms with E-state index in [9.17, 15) is 4.79 Å². The van der Waals surface area contributed by atoms with Crippen LogP contribution in [-0.4, -0.2) is 36.0 Å². The molecule has 1 N–H and O–H groups in total. The number of furan rings is 1. The van der Waals surface area contributed by atoms with Crippen LogP contribution in [0.25, 0.3) is 0 Å². The fraction of sp³-hybridized carbons (Fsp3) is 0.688. The summed E-state index contributed by atoms with van der Waals surface area (Å²) in [6, 6.07) is 3.83. The van der Waals surface area contributed by atoms with Crippen molar-refractivity contribution in [1.29, 1.82) is 0 Å². The van der Waals surface area contributed by atoms with Crippen LogP contribution in [0.1, 0.15) is 44.3 Å². The van der Waals surface area contributed by atoms with Gasteiger partial charge in [0.25, 0.3) is 0 Å². The first kappa shape index (κ1) is 13.7. The second-order valence-electron chi connectivity index (χ2n) is 6.09. The smallest absolute Gasteiger partial charge is 0.223 e. The second kappa shape index (κ2) is 6.00. The van der Waals surface area contributed by atoms with Gasteiger partial charge in [0.2, 0.25) is 5.91 Å². The minimum Gasteiger partial charge on any atom is -0.469 e. The minimum absolute atomic E-state index is 0.0940. The largest absolute Gasteiger partial charge is 0.469 e. The van der Waals surface area contributed by atoms with Crippen molar-refractivity contribution in [2.24, 2.45) is 0 Å². The maximum Gasteiger partial charge on any atom is 0.223 e. The summed E-state index contributed by atoms with van der Waals surface area (Å²) in [5, 5.41) is 3.49. The highest BCUT2D eigenvalue weighted by molar-refractivity contribution is 5.77. The van der Waals surface area contributed by atoms with Gasteiger partial charge in [-0.15, -0.1) is 0 Å². The topological polar surface area (TPSA) is 45.5 Å². The van der Waals surface area contributed by atoms with Gasteiger partial charge in [-0.3, -0.25) is 4.79 Å². The molecule has 20 heavy (non-hydrogen) atoms. The highest BCUT2D eigenvalue weighted by atomic mass is 16.3. The van der Waals surface area contributed by atoms with Crippen LogP contribution < -0.4 is 5.32 Å². The number of nitrogens with zero attached hydrogens (tertiary/aromatic N) is 1. The van der Waals surface area contributed by atoms with Crippen molar-refractivity contribution in [2.45, 2.75) is 50.5 Å². The van der Waals surface area contributed by atoms with E-state index in [1.165, 1.54) is 19.3 Å². The molecule has 1 saturated heterocycles. The van der Waals surface area contributed by atoms with Crippen molar-refractivity contribution in [3.63, 3.8) is 0 Å². The maximum atomic E-state index is 12.6. The Morgan fingerprint density at radius 1 is 1.35 bits per heavy atom. The third-order valence-corrected chi connectivity index (χ3v) is 4.79. The lowest BCUT2D eigenvalue weighted by Crippen LogP contribution is -2.63. The number of nitrogens with one attached hydrogen (secondary N) is 1. The van der Waals surface area contributed by atoms with E-state index in [-0.39, 0.29) is 5.54 Å². The van der Waals surface area contributed by atoms with Gasteiger partial charge in [0.15, 0.2) is 0 Å². The van der Waals surface area contributed by atoms with Gasteiger partial charge in [0, 0.05) is 32.5 Å². The summed E-state index contributed by atoms with van der Waals surface area (Å²) in [4.78, 5) is 14.8. The van der Waals surface area contributed by atoms with Crippen molar-refractivity contribution in [3.8, 4) is 0 Å². The fourth-order valence-electron chi connectivity index (χ4n) is 3.71. The Labute approximate surface area is 120 Å². The number of hydrogen-bond donors (Lipinski definition) is 1. The average molecular weight is 276 g/mol. The predicted octanol–water partition coefficient (Wildman–Crippen LogP) is 2.35. The van der Waals surface area contributed by atoms with Gasteiger partial charge in [-0.05, 0) is 25.0 Å². The van der Waals surface area contributed by atoms with E-state index in [0.29, 0.717) is 18.7 Å². The van der Waals surface area contributed by atoms with Gasteiger partial charge in [0.05, 0.1) is 11.8 Å². The lowest BCUT2D eigenvalue weighted by atomic mass is 9.79. The fourth-order valence-corrected chi connectivity index (χ4v) is 3.71. The van der Waals surface area contributed by atoms with Gasteiger partial charge < -0.3 is 14.6 Å². The highest BCUT2D eigenvalue weighted by Gasteiger charge is 2.41. The molecule has 0 atom stereocenters. The second-order valence-corrected chi connectivity index (χ2v) is 6.09. The monoisotopic (exact) mass is 276 g/mol. The summed E-state index contributed by atoms with van der Waals surface area (Å²) in [7, 11) is 0. The lowest BCUT2D eigenvalue weighted by Gasteiger charge is -2.50. The first-order valence-electron chi connectivity index (χ1n) is 7.84. The molecular formula is C16H24N2O2. The number of hydrogen-bond acceptors (Lipinski definition) is 3. The molecule has 1 aromatic heterocycles. The quantitative estimate of drug-likeness (QED) is 0.921. The van der Waals surface area contributed by atoms with Crippen molar-refractivity contribution in [1.82, 2.24) is 10.2 Å². The summed E-state index contributed by atoms with van der Waals surface area (Å²) in [5.41, 5.74) is 0.0940. The number of amides is 1. The molecule has 1 spiro atoms. The third kappa shape index (κ3) is 2.75. The molecular weight excluding hydrogens is 252 g/mol. The molecule has 2 aliphatic rings. The van der Waals surface area contributed by atoms with Gasteiger partial charge >= 0.3 is 0 Å². The summed E-state index contributed by atoms with van der Waals surface area (Å²) >= 11 is 0. The first-order valence-corrected chi connectivity index (χ1v) is 7.84. The standard InChI is InChI=1S/C16H24N2O2/c19-15(7-6-14-5-4-12-20-14)18-11-10-17-13-16(18)8-2-1-3-9-16/h4-5,12,17H,1-3,6-11,13H2. The molecule has 0 aromatic carbocycles. The van der Waals surface area contributed by atoms with Gasteiger partial charge in [-0.2, -0.15) is 0 Å². The average Bonchev–Trinajstić information content (AvgIpc) is 2.99. The van der Waals surface area contributed by atoms with Crippen LogP contribution in [0.2, 0.25) is 0 Å². The summed E-state index contributed by atoms with van der Waals surface area (Å²) in [6.45, 7) is 2.75. The molecule has 4 nitrogen and oxygen atoms in total. The molecule has 1 amide bonds. The van der Waals surface area contributed by atoms with Crippen molar-refractivity contribution >= 4 is 5.91 Å². The molecule has 1 aliphatic heterocycles. The maximum absolute atomic E-state index is 12.6. The van der Waals surface area contributed by atoms with E-state index in [2.05, 4.69) is 10.2 Å². The molecule has 2 fully saturated rings. The number of carbonyl (C=O) groups excluding carboxylic acids is 1. The number of rotatable bonds is 3. The summed E-state index contributed by atoms with van der Waals surface area (Å²) in [6.07, 6.45) is 9.09. The van der Waals surface area contributed by atoms with Gasteiger partial charge in [-0.1, -0.05) is 19.3 Å². The van der Waals surface area contributed by atoms with Crippen molar-refractivity contribution < 1.29 is 9.21 Å². The lowest BCUT2D eigenvalue weighted by molar-refractivity contribution is -0.140. The number of aryl methyl sites for hydroxylation is 1. The zero-order valence-electron chi connectivity index (χ0n) is 12.1. The molecule has 0 bridgehead atoms. The van der Waals surface area contributed by atoms with E-state index >= 15 is 0 Å². The molecule has 0 radical (unpaired) electrons. The van der Waals surface area contributed by atoms with E-state index in [4.69, 9.17) is 4.42 Å².